The van der Waals surface area contributed by atoms with Crippen LogP contribution in [0.25, 0.3) is 0 Å². The Bertz CT molecular complexity index is 866. The average molecular weight is 399 g/mol. The Hall–Kier alpha value is -3.00. The van der Waals surface area contributed by atoms with Gasteiger partial charge in [-0.2, -0.15) is 0 Å². The van der Waals surface area contributed by atoms with Crippen LogP contribution in [0.5, 0.6) is 11.5 Å². The van der Waals surface area contributed by atoms with Crippen molar-refractivity contribution in [2.24, 2.45) is 4.99 Å². The molecule has 0 radical (unpaired) electrons. The monoisotopic (exact) mass is 399 g/mol. The summed E-state index contributed by atoms with van der Waals surface area (Å²) in [4.78, 5) is 28.8. The summed E-state index contributed by atoms with van der Waals surface area (Å²) in [6, 6.07) is 14.3. The van der Waals surface area contributed by atoms with Crippen LogP contribution in [-0.4, -0.2) is 35.9 Å². The van der Waals surface area contributed by atoms with Crippen molar-refractivity contribution in [3.05, 3.63) is 48.5 Å². The molecule has 0 bridgehead atoms. The van der Waals surface area contributed by atoms with Crippen molar-refractivity contribution in [1.29, 1.82) is 0 Å². The van der Waals surface area contributed by atoms with E-state index in [1.54, 1.807) is 55.6 Å². The third kappa shape index (κ3) is 5.26. The third-order valence-corrected chi connectivity index (χ3v) is 4.98. The Kier molecular flexibility index (Phi) is 6.54. The van der Waals surface area contributed by atoms with E-state index in [1.807, 2.05) is 6.92 Å². The van der Waals surface area contributed by atoms with Crippen molar-refractivity contribution < 1.29 is 19.1 Å². The zero-order valence-electron chi connectivity index (χ0n) is 15.6. The molecule has 0 aromatic heterocycles. The van der Waals surface area contributed by atoms with Crippen LogP contribution in [0.1, 0.15) is 13.3 Å². The molecule has 2 aromatic carbocycles. The molecule has 1 aliphatic rings. The van der Waals surface area contributed by atoms with E-state index in [9.17, 15) is 9.59 Å². The third-order valence-electron chi connectivity index (χ3n) is 3.90. The molecule has 1 saturated heterocycles. The summed E-state index contributed by atoms with van der Waals surface area (Å²) in [7, 11) is 1.59. The predicted octanol–water partition coefficient (Wildman–Crippen LogP) is 3.34. The molecule has 1 atom stereocenters. The molecule has 0 aliphatic carbocycles. The standard InChI is InChI=1S/C20H21N3O4S/c1-3-27-16-10-6-13(7-11-16)21-18(24)12-17-19(25)23-20(28-17)22-14-4-8-15(26-2)9-5-14/h4-11,17H,3,12H2,1-2H3,(H,21,24)(H,22,23,25). The number of amides is 2. The van der Waals surface area contributed by atoms with E-state index in [2.05, 4.69) is 15.6 Å². The minimum atomic E-state index is -0.514. The zero-order chi connectivity index (χ0) is 19.9. The lowest BCUT2D eigenvalue weighted by Gasteiger charge is -2.08. The number of hydrogen-bond donors (Lipinski definition) is 2. The van der Waals surface area contributed by atoms with Gasteiger partial charge in [-0.3, -0.25) is 9.59 Å². The highest BCUT2D eigenvalue weighted by atomic mass is 32.2. The van der Waals surface area contributed by atoms with Gasteiger partial charge in [0.15, 0.2) is 5.17 Å². The number of anilines is 1. The van der Waals surface area contributed by atoms with Crippen molar-refractivity contribution in [1.82, 2.24) is 5.32 Å². The quantitative estimate of drug-likeness (QED) is 0.745. The lowest BCUT2D eigenvalue weighted by atomic mass is 10.2. The van der Waals surface area contributed by atoms with E-state index in [-0.39, 0.29) is 18.2 Å². The zero-order valence-corrected chi connectivity index (χ0v) is 16.4. The summed E-state index contributed by atoms with van der Waals surface area (Å²) in [5.41, 5.74) is 1.35. The van der Waals surface area contributed by atoms with Gasteiger partial charge in [0.2, 0.25) is 11.8 Å². The molecule has 1 aliphatic heterocycles. The van der Waals surface area contributed by atoms with Gasteiger partial charge in [-0.1, -0.05) is 11.8 Å². The van der Waals surface area contributed by atoms with Crippen LogP contribution in [0.2, 0.25) is 0 Å². The molecule has 2 amide bonds. The molecule has 1 fully saturated rings. The number of benzene rings is 2. The van der Waals surface area contributed by atoms with E-state index >= 15 is 0 Å². The molecular formula is C20H21N3O4S. The minimum absolute atomic E-state index is 0.0609. The second kappa shape index (κ2) is 9.27. The molecule has 8 heteroatoms. The molecule has 2 aromatic rings. The molecule has 0 saturated carbocycles. The number of nitrogens with zero attached hydrogens (tertiary/aromatic N) is 1. The topological polar surface area (TPSA) is 89.0 Å². The number of methoxy groups -OCH3 is 1. The van der Waals surface area contributed by atoms with Crippen LogP contribution < -0.4 is 20.1 Å². The molecule has 2 N–H and O–H groups in total. The minimum Gasteiger partial charge on any atom is -0.497 e. The largest absolute Gasteiger partial charge is 0.497 e. The Morgan fingerprint density at radius 1 is 1.14 bits per heavy atom. The first-order valence-corrected chi connectivity index (χ1v) is 9.68. The molecular weight excluding hydrogens is 378 g/mol. The first-order chi connectivity index (χ1) is 13.6. The van der Waals surface area contributed by atoms with Crippen molar-refractivity contribution in [3.8, 4) is 11.5 Å². The lowest BCUT2D eigenvalue weighted by Crippen LogP contribution is -2.28. The first kappa shape index (κ1) is 19.8. The molecule has 0 spiro atoms. The first-order valence-electron chi connectivity index (χ1n) is 8.80. The summed E-state index contributed by atoms with van der Waals surface area (Å²) in [6.07, 6.45) is 0.0609. The Balaban J connectivity index is 1.56. The Morgan fingerprint density at radius 2 is 1.82 bits per heavy atom. The molecule has 146 valence electrons. The predicted molar refractivity (Wildman–Crippen MR) is 110 cm³/mol. The summed E-state index contributed by atoms with van der Waals surface area (Å²) < 4.78 is 10.5. The Morgan fingerprint density at radius 3 is 2.46 bits per heavy atom. The number of rotatable bonds is 7. The molecule has 1 heterocycles. The number of hydrogen-bond acceptors (Lipinski definition) is 6. The van der Waals surface area contributed by atoms with Crippen molar-refractivity contribution in [2.45, 2.75) is 18.6 Å². The van der Waals surface area contributed by atoms with E-state index < -0.39 is 5.25 Å². The fourth-order valence-corrected chi connectivity index (χ4v) is 3.54. The molecule has 28 heavy (non-hydrogen) atoms. The molecule has 7 nitrogen and oxygen atoms in total. The summed E-state index contributed by atoms with van der Waals surface area (Å²) in [5, 5.41) is 5.48. The number of thioether (sulfide) groups is 1. The van der Waals surface area contributed by atoms with Gasteiger partial charge in [-0.15, -0.1) is 0 Å². The average Bonchev–Trinajstić information content (AvgIpc) is 3.03. The van der Waals surface area contributed by atoms with Gasteiger partial charge in [0.25, 0.3) is 0 Å². The fraction of sp³-hybridized carbons (Fsp3) is 0.250. The summed E-state index contributed by atoms with van der Waals surface area (Å²) in [6.45, 7) is 2.49. The van der Waals surface area contributed by atoms with Gasteiger partial charge in [-0.05, 0) is 55.5 Å². The second-order valence-corrected chi connectivity index (χ2v) is 7.11. The van der Waals surface area contributed by atoms with Crippen LogP contribution in [0.3, 0.4) is 0 Å². The number of ether oxygens (including phenoxy) is 2. The van der Waals surface area contributed by atoms with Crippen LogP contribution in [-0.2, 0) is 9.59 Å². The SMILES string of the molecule is CCOc1ccc(NC(=O)CC2SC(=Nc3ccc(OC)cc3)NC2=O)cc1. The highest BCUT2D eigenvalue weighted by Crippen LogP contribution is 2.26. The van der Waals surface area contributed by atoms with Crippen LogP contribution in [0.4, 0.5) is 11.4 Å². The summed E-state index contributed by atoms with van der Waals surface area (Å²) in [5.74, 6) is 1.02. The highest BCUT2D eigenvalue weighted by Gasteiger charge is 2.32. The number of carbonyl (C=O) groups is 2. The van der Waals surface area contributed by atoms with Crippen molar-refractivity contribution in [3.63, 3.8) is 0 Å². The number of carbonyl (C=O) groups excluding carboxylic acids is 2. The smallest absolute Gasteiger partial charge is 0.240 e. The van der Waals surface area contributed by atoms with E-state index in [0.29, 0.717) is 23.1 Å². The van der Waals surface area contributed by atoms with Crippen LogP contribution in [0, 0.1) is 0 Å². The van der Waals surface area contributed by atoms with Gasteiger partial charge >= 0.3 is 0 Å². The van der Waals surface area contributed by atoms with E-state index in [1.165, 1.54) is 11.8 Å². The van der Waals surface area contributed by atoms with E-state index in [0.717, 1.165) is 11.5 Å². The van der Waals surface area contributed by atoms with Gasteiger partial charge in [-0.25, -0.2) is 4.99 Å². The maximum absolute atomic E-state index is 12.3. The Labute approximate surface area is 167 Å². The summed E-state index contributed by atoms with van der Waals surface area (Å²) >= 11 is 1.25. The van der Waals surface area contributed by atoms with Gasteiger partial charge in [0.1, 0.15) is 16.7 Å². The van der Waals surface area contributed by atoms with Crippen molar-refractivity contribution >= 4 is 40.1 Å². The van der Waals surface area contributed by atoms with Gasteiger partial charge < -0.3 is 20.1 Å². The number of nitrogens with one attached hydrogen (secondary N) is 2. The maximum Gasteiger partial charge on any atom is 0.240 e. The molecule has 1 unspecified atom stereocenters. The van der Waals surface area contributed by atoms with Crippen molar-refractivity contribution in [2.75, 3.05) is 19.0 Å². The normalized spacial score (nSPS) is 17.3. The van der Waals surface area contributed by atoms with Crippen LogP contribution >= 0.6 is 11.8 Å². The van der Waals surface area contributed by atoms with Gasteiger partial charge in [0, 0.05) is 12.1 Å². The molecule has 3 rings (SSSR count). The van der Waals surface area contributed by atoms with Gasteiger partial charge in [0.05, 0.1) is 19.4 Å². The van der Waals surface area contributed by atoms with E-state index in [4.69, 9.17) is 9.47 Å². The number of aliphatic imine (C=N–C) groups is 1. The second-order valence-electron chi connectivity index (χ2n) is 5.92. The highest BCUT2D eigenvalue weighted by molar-refractivity contribution is 8.15. The maximum atomic E-state index is 12.3. The number of amidine groups is 1. The fourth-order valence-electron chi connectivity index (χ4n) is 2.55. The van der Waals surface area contributed by atoms with Crippen LogP contribution in [0.15, 0.2) is 53.5 Å². The lowest BCUT2D eigenvalue weighted by molar-refractivity contribution is -0.122.